The van der Waals surface area contributed by atoms with Crippen LogP contribution in [0.5, 0.6) is 0 Å². The first-order valence-corrected chi connectivity index (χ1v) is 14.4. The smallest absolute Gasteiger partial charge is 0.417 e. The highest BCUT2D eigenvalue weighted by molar-refractivity contribution is 6.74. The molecule has 0 aromatic rings. The molecular weight excluding hydrogens is 406 g/mol. The lowest BCUT2D eigenvalue weighted by Crippen LogP contribution is -2.50. The van der Waals surface area contributed by atoms with E-state index in [1.54, 1.807) is 0 Å². The summed E-state index contributed by atoms with van der Waals surface area (Å²) < 4.78 is 12.3. The Morgan fingerprint density at radius 2 is 1.68 bits per heavy atom. The van der Waals surface area contributed by atoms with Crippen molar-refractivity contribution < 1.29 is 18.8 Å². The van der Waals surface area contributed by atoms with Crippen molar-refractivity contribution >= 4 is 20.3 Å². The van der Waals surface area contributed by atoms with Gasteiger partial charge in [-0.3, -0.25) is 4.79 Å². The molecule has 0 aromatic carbocycles. The van der Waals surface area contributed by atoms with Crippen molar-refractivity contribution in [2.24, 2.45) is 29.1 Å². The van der Waals surface area contributed by atoms with Crippen LogP contribution in [0, 0.1) is 29.1 Å². The number of ether oxygens (including phenoxy) is 1. The number of allylic oxidation sites excluding steroid dienone is 4. The molecule has 2 fully saturated rings. The van der Waals surface area contributed by atoms with Gasteiger partial charge in [0.1, 0.15) is 5.60 Å². The number of rotatable bonds is 3. The number of nitrogens with zero attached hydrogens (tertiary/aromatic N) is 1. The van der Waals surface area contributed by atoms with Crippen LogP contribution in [-0.2, 0) is 14.0 Å². The van der Waals surface area contributed by atoms with Crippen LogP contribution in [0.2, 0.25) is 18.1 Å². The van der Waals surface area contributed by atoms with Crippen LogP contribution in [0.3, 0.4) is 0 Å². The highest BCUT2D eigenvalue weighted by Gasteiger charge is 2.66. The average molecular weight is 448 g/mol. The van der Waals surface area contributed by atoms with Gasteiger partial charge in [0, 0.05) is 11.8 Å². The Labute approximate surface area is 189 Å². The molecule has 0 radical (unpaired) electrons. The topological polar surface area (TPSA) is 55.8 Å². The Morgan fingerprint density at radius 3 is 2.23 bits per heavy atom. The van der Waals surface area contributed by atoms with Crippen LogP contribution in [0.1, 0.15) is 55.4 Å². The molecule has 6 heteroatoms. The number of carbonyl (C=O) groups is 2. The van der Waals surface area contributed by atoms with Gasteiger partial charge < -0.3 is 9.16 Å². The van der Waals surface area contributed by atoms with E-state index in [9.17, 15) is 9.59 Å². The van der Waals surface area contributed by atoms with E-state index in [-0.39, 0.29) is 46.1 Å². The van der Waals surface area contributed by atoms with Crippen molar-refractivity contribution in [2.45, 2.75) is 85.2 Å². The molecule has 5 atom stereocenters. The third kappa shape index (κ3) is 4.18. The van der Waals surface area contributed by atoms with E-state index in [4.69, 9.17) is 9.16 Å². The lowest BCUT2D eigenvalue weighted by atomic mass is 9.73. The summed E-state index contributed by atoms with van der Waals surface area (Å²) in [4.78, 5) is 28.4. The molecule has 0 N–H and O–H groups in total. The number of likely N-dealkylation sites (tertiary alicyclic amines) is 1. The van der Waals surface area contributed by atoms with Gasteiger partial charge in [0.05, 0.1) is 12.6 Å². The van der Waals surface area contributed by atoms with Gasteiger partial charge in [-0.1, -0.05) is 58.9 Å². The number of amides is 2. The summed E-state index contributed by atoms with van der Waals surface area (Å²) >= 11 is 0. The fourth-order valence-electron chi connectivity index (χ4n) is 5.34. The van der Waals surface area contributed by atoms with Crippen LogP contribution < -0.4 is 0 Å². The van der Waals surface area contributed by atoms with Crippen molar-refractivity contribution in [3.05, 3.63) is 24.3 Å². The molecule has 174 valence electrons. The minimum absolute atomic E-state index is 0.0333. The summed E-state index contributed by atoms with van der Waals surface area (Å²) in [6, 6.07) is -0.313. The van der Waals surface area contributed by atoms with Gasteiger partial charge in [-0.25, -0.2) is 9.69 Å². The Bertz CT molecular complexity index is 799. The van der Waals surface area contributed by atoms with E-state index in [2.05, 4.69) is 72.0 Å². The van der Waals surface area contributed by atoms with E-state index in [0.717, 1.165) is 0 Å². The third-order valence-corrected chi connectivity index (χ3v) is 12.5. The molecule has 0 spiro atoms. The minimum atomic E-state index is -2.05. The monoisotopic (exact) mass is 447 g/mol. The van der Waals surface area contributed by atoms with Gasteiger partial charge in [0.2, 0.25) is 5.91 Å². The minimum Gasteiger partial charge on any atom is -0.443 e. The molecule has 2 amide bonds. The SMILES string of the molecule is CC(C)(C)OC(=O)N1C(=O)C2[C@H](C3C=CC=CC3C2(C)C)[C@H]1CO[Si](C)(C)C(C)(C)C. The van der Waals surface area contributed by atoms with Crippen LogP contribution in [0.4, 0.5) is 4.79 Å². The third-order valence-electron chi connectivity index (χ3n) is 7.96. The van der Waals surface area contributed by atoms with E-state index in [1.165, 1.54) is 4.90 Å². The Balaban J connectivity index is 1.99. The molecule has 3 unspecified atom stereocenters. The molecule has 1 saturated carbocycles. The lowest BCUT2D eigenvalue weighted by molar-refractivity contribution is -0.134. The predicted molar refractivity (Wildman–Crippen MR) is 126 cm³/mol. The Morgan fingerprint density at radius 1 is 1.10 bits per heavy atom. The first kappa shape index (κ1) is 24.2. The first-order chi connectivity index (χ1) is 14.0. The number of hydrogen-bond acceptors (Lipinski definition) is 4. The number of carbonyl (C=O) groups excluding carboxylic acids is 2. The summed E-state index contributed by atoms with van der Waals surface area (Å²) in [5, 5.41) is 0.0523. The average Bonchev–Trinajstić information content (AvgIpc) is 3.02. The van der Waals surface area contributed by atoms with Crippen LogP contribution >= 0.6 is 0 Å². The van der Waals surface area contributed by atoms with Crippen molar-refractivity contribution in [3.63, 3.8) is 0 Å². The second-order valence-corrected chi connectivity index (χ2v) is 17.4. The summed E-state index contributed by atoms with van der Waals surface area (Å²) in [6.45, 7) is 21.3. The molecule has 1 saturated heterocycles. The van der Waals surface area contributed by atoms with Crippen LogP contribution in [0.15, 0.2) is 24.3 Å². The van der Waals surface area contributed by atoms with E-state index >= 15 is 0 Å². The highest BCUT2D eigenvalue weighted by Crippen LogP contribution is 2.61. The van der Waals surface area contributed by atoms with E-state index < -0.39 is 20.0 Å². The fourth-order valence-corrected chi connectivity index (χ4v) is 6.36. The zero-order valence-electron chi connectivity index (χ0n) is 21.0. The van der Waals surface area contributed by atoms with Crippen LogP contribution in [-0.4, -0.2) is 43.5 Å². The summed E-state index contributed by atoms with van der Waals surface area (Å²) in [6.07, 6.45) is 8.08. The Kier molecular flexibility index (Phi) is 5.93. The number of imide groups is 1. The lowest BCUT2D eigenvalue weighted by Gasteiger charge is -2.39. The maximum atomic E-state index is 13.7. The standard InChI is InChI=1S/C25H41NO4Si/c1-23(2,3)30-22(28)26-18(15-29-31(9,10)24(4,5)6)19-16-13-11-12-14-17(16)25(7,8)20(19)21(26)27/h11-14,16-20H,15H2,1-10H3/t16?,17?,18-,19-,20?/m1/s1. The van der Waals surface area contributed by atoms with Gasteiger partial charge in [-0.2, -0.15) is 0 Å². The van der Waals surface area contributed by atoms with Crippen molar-refractivity contribution in [1.82, 2.24) is 4.90 Å². The highest BCUT2D eigenvalue weighted by atomic mass is 28.4. The number of hydrogen-bond donors (Lipinski definition) is 0. The van der Waals surface area contributed by atoms with Crippen molar-refractivity contribution in [2.75, 3.05) is 6.61 Å². The maximum absolute atomic E-state index is 13.7. The summed E-state index contributed by atoms with van der Waals surface area (Å²) in [5.41, 5.74) is -0.898. The molecule has 3 aliphatic rings. The predicted octanol–water partition coefficient (Wildman–Crippen LogP) is 5.78. The maximum Gasteiger partial charge on any atom is 0.417 e. The van der Waals surface area contributed by atoms with E-state index in [0.29, 0.717) is 6.61 Å². The zero-order chi connectivity index (χ0) is 23.6. The second kappa shape index (κ2) is 7.58. The zero-order valence-corrected chi connectivity index (χ0v) is 22.0. The van der Waals surface area contributed by atoms with Crippen LogP contribution in [0.25, 0.3) is 0 Å². The molecular formula is C25H41NO4Si. The van der Waals surface area contributed by atoms with E-state index in [1.807, 2.05) is 20.8 Å². The molecule has 0 aromatic heterocycles. The van der Waals surface area contributed by atoms with Crippen molar-refractivity contribution in [1.29, 1.82) is 0 Å². The molecule has 3 rings (SSSR count). The molecule has 1 aliphatic heterocycles. The second-order valence-electron chi connectivity index (χ2n) is 12.6. The first-order valence-electron chi connectivity index (χ1n) is 11.5. The van der Waals surface area contributed by atoms with Gasteiger partial charge in [-0.15, -0.1) is 0 Å². The van der Waals surface area contributed by atoms with Gasteiger partial charge in [0.25, 0.3) is 0 Å². The summed E-state index contributed by atoms with van der Waals surface area (Å²) in [7, 11) is -2.05. The molecule has 1 heterocycles. The molecule has 5 nitrogen and oxygen atoms in total. The Hall–Kier alpha value is -1.40. The molecule has 0 bridgehead atoms. The fraction of sp³-hybridized carbons (Fsp3) is 0.760. The van der Waals surface area contributed by atoms with Gasteiger partial charge >= 0.3 is 6.09 Å². The molecule has 31 heavy (non-hydrogen) atoms. The normalized spacial score (nSPS) is 32.3. The van der Waals surface area contributed by atoms with Gasteiger partial charge in [0.15, 0.2) is 8.32 Å². The van der Waals surface area contributed by atoms with Gasteiger partial charge in [-0.05, 0) is 56.2 Å². The molecule has 2 aliphatic carbocycles. The van der Waals surface area contributed by atoms with Crippen molar-refractivity contribution in [3.8, 4) is 0 Å². The number of fused-ring (bicyclic) bond motifs is 3. The summed E-state index contributed by atoms with van der Waals surface area (Å²) in [5.74, 6) is 0.202. The quantitative estimate of drug-likeness (QED) is 0.514. The largest absolute Gasteiger partial charge is 0.443 e.